The van der Waals surface area contributed by atoms with Gasteiger partial charge < -0.3 is 9.64 Å². The Kier molecular flexibility index (Phi) is 5.35. The van der Waals surface area contributed by atoms with Crippen molar-refractivity contribution < 1.29 is 22.7 Å². The molecule has 1 aromatic carbocycles. The van der Waals surface area contributed by atoms with Gasteiger partial charge in [0.1, 0.15) is 5.82 Å². The van der Waals surface area contributed by atoms with Crippen LogP contribution in [-0.2, 0) is 32.3 Å². The summed E-state index contributed by atoms with van der Waals surface area (Å²) < 4.78 is 30.2. The van der Waals surface area contributed by atoms with Crippen LogP contribution in [0.15, 0.2) is 23.0 Å². The molecule has 0 N–H and O–H groups in total. The lowest BCUT2D eigenvalue weighted by Crippen LogP contribution is -2.43. The maximum atomic E-state index is 12.5. The summed E-state index contributed by atoms with van der Waals surface area (Å²) in [7, 11) is -3.12. The zero-order valence-electron chi connectivity index (χ0n) is 16.7. The second-order valence-corrected chi connectivity index (χ2v) is 9.86. The van der Waals surface area contributed by atoms with E-state index >= 15 is 0 Å². The molecule has 2 aliphatic heterocycles. The SMILES string of the molecule is CCN(C(=O)COC(=O)c1ccc2c(=O)n3c(nc2c1)CCC3)[C@H]1CCS(=O)(=O)C1. The predicted octanol–water partition coefficient (Wildman–Crippen LogP) is 0.535. The summed E-state index contributed by atoms with van der Waals surface area (Å²) in [6.07, 6.45) is 1.98. The first-order valence-corrected chi connectivity index (χ1v) is 11.8. The molecule has 1 fully saturated rings. The smallest absolute Gasteiger partial charge is 0.338 e. The number of rotatable bonds is 5. The zero-order chi connectivity index (χ0) is 21.5. The van der Waals surface area contributed by atoms with E-state index in [0.717, 1.165) is 12.8 Å². The molecule has 4 rings (SSSR count). The molecule has 0 radical (unpaired) electrons. The van der Waals surface area contributed by atoms with Crippen LogP contribution in [0.5, 0.6) is 0 Å². The summed E-state index contributed by atoms with van der Waals surface area (Å²) in [5.74, 6) is -0.407. The highest BCUT2D eigenvalue weighted by Gasteiger charge is 2.34. The van der Waals surface area contributed by atoms with Crippen LogP contribution in [0.2, 0.25) is 0 Å². The van der Waals surface area contributed by atoms with E-state index in [1.54, 1.807) is 17.6 Å². The van der Waals surface area contributed by atoms with Crippen LogP contribution in [0.4, 0.5) is 0 Å². The molecule has 0 saturated carbocycles. The molecule has 1 atom stereocenters. The molecule has 0 bridgehead atoms. The summed E-state index contributed by atoms with van der Waals surface area (Å²) in [5.41, 5.74) is 0.518. The second kappa shape index (κ2) is 7.82. The lowest BCUT2D eigenvalue weighted by atomic mass is 10.1. The minimum atomic E-state index is -3.12. The van der Waals surface area contributed by atoms with Gasteiger partial charge in [0.15, 0.2) is 16.4 Å². The van der Waals surface area contributed by atoms with E-state index in [-0.39, 0.29) is 28.7 Å². The molecule has 1 aromatic heterocycles. The predicted molar refractivity (Wildman–Crippen MR) is 109 cm³/mol. The zero-order valence-corrected chi connectivity index (χ0v) is 17.5. The quantitative estimate of drug-likeness (QED) is 0.632. The van der Waals surface area contributed by atoms with Crippen LogP contribution in [-0.4, -0.2) is 65.4 Å². The molecular weight excluding hydrogens is 410 g/mol. The molecular formula is C20H23N3O6S. The Bertz CT molecular complexity index is 1190. The fraction of sp³-hybridized carbons (Fsp3) is 0.500. The number of hydrogen-bond acceptors (Lipinski definition) is 7. The van der Waals surface area contributed by atoms with Crippen LogP contribution in [0.1, 0.15) is 35.9 Å². The molecule has 160 valence electrons. The summed E-state index contributed by atoms with van der Waals surface area (Å²) in [6, 6.07) is 4.16. The first-order valence-electron chi connectivity index (χ1n) is 9.99. The van der Waals surface area contributed by atoms with Crippen LogP contribution in [0.3, 0.4) is 0 Å². The van der Waals surface area contributed by atoms with Gasteiger partial charge in [-0.05, 0) is 38.0 Å². The highest BCUT2D eigenvalue weighted by Crippen LogP contribution is 2.19. The third kappa shape index (κ3) is 3.83. The number of carbonyl (C=O) groups excluding carboxylic acids is 2. The standard InChI is InChI=1S/C20H23N3O6S/c1-2-22(14-7-9-30(27,28)12-14)18(24)11-29-20(26)13-5-6-15-16(10-13)21-17-4-3-8-23(17)19(15)25/h5-6,10,14H,2-4,7-9,11-12H2,1H3/t14-/m0/s1. The molecule has 9 nitrogen and oxygen atoms in total. The monoisotopic (exact) mass is 433 g/mol. The Balaban J connectivity index is 1.46. The maximum Gasteiger partial charge on any atom is 0.338 e. The van der Waals surface area contributed by atoms with Gasteiger partial charge in [0.25, 0.3) is 11.5 Å². The third-order valence-corrected chi connectivity index (χ3v) is 7.44. The van der Waals surface area contributed by atoms with E-state index in [1.807, 2.05) is 0 Å². The van der Waals surface area contributed by atoms with Crippen LogP contribution >= 0.6 is 0 Å². The van der Waals surface area contributed by atoms with Gasteiger partial charge in [-0.1, -0.05) is 0 Å². The molecule has 0 aliphatic carbocycles. The van der Waals surface area contributed by atoms with Crippen molar-refractivity contribution in [1.29, 1.82) is 0 Å². The Hall–Kier alpha value is -2.75. The van der Waals surface area contributed by atoms with E-state index in [1.165, 1.54) is 17.0 Å². The van der Waals surface area contributed by atoms with Crippen molar-refractivity contribution in [2.45, 2.75) is 38.8 Å². The second-order valence-electron chi connectivity index (χ2n) is 7.63. The Morgan fingerprint density at radius 1 is 1.33 bits per heavy atom. The first kappa shape index (κ1) is 20.5. The van der Waals surface area contributed by atoms with Gasteiger partial charge in [-0.25, -0.2) is 18.2 Å². The summed E-state index contributed by atoms with van der Waals surface area (Å²) in [6.45, 7) is 2.28. The molecule has 2 aromatic rings. The van der Waals surface area contributed by atoms with E-state index in [2.05, 4.69) is 4.98 Å². The number of carbonyl (C=O) groups is 2. The van der Waals surface area contributed by atoms with Crippen LogP contribution < -0.4 is 5.56 Å². The van der Waals surface area contributed by atoms with E-state index < -0.39 is 28.3 Å². The van der Waals surface area contributed by atoms with E-state index in [4.69, 9.17) is 4.74 Å². The number of esters is 1. The largest absolute Gasteiger partial charge is 0.452 e. The molecule has 3 heterocycles. The van der Waals surface area contributed by atoms with Gasteiger partial charge in [-0.2, -0.15) is 0 Å². The van der Waals surface area contributed by atoms with Gasteiger partial charge in [0, 0.05) is 25.6 Å². The lowest BCUT2D eigenvalue weighted by Gasteiger charge is -2.26. The molecule has 2 aliphatic rings. The van der Waals surface area contributed by atoms with Crippen molar-refractivity contribution in [3.63, 3.8) is 0 Å². The third-order valence-electron chi connectivity index (χ3n) is 5.69. The lowest BCUT2D eigenvalue weighted by molar-refractivity contribution is -0.136. The van der Waals surface area contributed by atoms with Gasteiger partial charge in [-0.3, -0.25) is 14.2 Å². The highest BCUT2D eigenvalue weighted by molar-refractivity contribution is 7.91. The number of ether oxygens (including phenoxy) is 1. The summed E-state index contributed by atoms with van der Waals surface area (Å²) >= 11 is 0. The van der Waals surface area contributed by atoms with Gasteiger partial charge in [0.2, 0.25) is 0 Å². The van der Waals surface area contributed by atoms with Crippen LogP contribution in [0, 0.1) is 0 Å². The maximum absolute atomic E-state index is 12.5. The van der Waals surface area contributed by atoms with Crippen molar-refractivity contribution in [3.8, 4) is 0 Å². The van der Waals surface area contributed by atoms with Crippen molar-refractivity contribution in [3.05, 3.63) is 39.9 Å². The number of hydrogen-bond donors (Lipinski definition) is 0. The Morgan fingerprint density at radius 2 is 2.13 bits per heavy atom. The molecule has 0 spiro atoms. The minimum Gasteiger partial charge on any atom is -0.452 e. The fourth-order valence-corrected chi connectivity index (χ4v) is 5.89. The number of aromatic nitrogens is 2. The van der Waals surface area contributed by atoms with Crippen molar-refractivity contribution in [1.82, 2.24) is 14.5 Å². The minimum absolute atomic E-state index is 0.0588. The van der Waals surface area contributed by atoms with Crippen molar-refractivity contribution >= 4 is 32.6 Å². The number of fused-ring (bicyclic) bond motifs is 2. The Morgan fingerprint density at radius 3 is 2.83 bits per heavy atom. The molecule has 30 heavy (non-hydrogen) atoms. The number of aryl methyl sites for hydroxylation is 1. The van der Waals surface area contributed by atoms with Crippen molar-refractivity contribution in [2.75, 3.05) is 24.7 Å². The molecule has 1 saturated heterocycles. The van der Waals surface area contributed by atoms with Gasteiger partial charge in [-0.15, -0.1) is 0 Å². The van der Waals surface area contributed by atoms with Gasteiger partial charge in [0.05, 0.1) is 28.0 Å². The highest BCUT2D eigenvalue weighted by atomic mass is 32.2. The van der Waals surface area contributed by atoms with E-state index in [0.29, 0.717) is 36.2 Å². The molecule has 10 heteroatoms. The topological polar surface area (TPSA) is 116 Å². The average molecular weight is 433 g/mol. The number of likely N-dealkylation sites (N-methyl/N-ethyl adjacent to an activating group) is 1. The molecule has 0 unspecified atom stereocenters. The normalized spacial score (nSPS) is 19.6. The average Bonchev–Trinajstić information content (AvgIpc) is 3.32. The van der Waals surface area contributed by atoms with Crippen LogP contribution in [0.25, 0.3) is 10.9 Å². The number of benzene rings is 1. The number of sulfone groups is 1. The Labute approximate surface area is 173 Å². The number of nitrogens with zero attached hydrogens (tertiary/aromatic N) is 3. The van der Waals surface area contributed by atoms with E-state index in [9.17, 15) is 22.8 Å². The van der Waals surface area contributed by atoms with Gasteiger partial charge >= 0.3 is 5.97 Å². The summed E-state index contributed by atoms with van der Waals surface area (Å²) in [4.78, 5) is 43.4. The van der Waals surface area contributed by atoms with Crippen molar-refractivity contribution in [2.24, 2.45) is 0 Å². The molecule has 1 amide bonds. The first-order chi connectivity index (χ1) is 14.3. The fourth-order valence-electron chi connectivity index (χ4n) is 4.16. The summed E-state index contributed by atoms with van der Waals surface area (Å²) in [5, 5.41) is 0.438. The number of amides is 1.